The standard InChI is InChI=1S/C19H25N3O3/c1-16-11-20-22(12-16)13-18(23)21-10-6-9-19(14-21,24-2)15-25-17-7-4-3-5-8-17/h3-5,7-8,11-12H,6,9-10,13-15H2,1-2H3. The highest BCUT2D eigenvalue weighted by atomic mass is 16.5. The lowest BCUT2D eigenvalue weighted by Gasteiger charge is -2.41. The molecule has 0 radical (unpaired) electrons. The Morgan fingerprint density at radius 1 is 1.32 bits per heavy atom. The summed E-state index contributed by atoms with van der Waals surface area (Å²) in [6.07, 6.45) is 5.41. The van der Waals surface area contributed by atoms with Gasteiger partial charge < -0.3 is 14.4 Å². The van der Waals surface area contributed by atoms with Crippen molar-refractivity contribution in [1.29, 1.82) is 0 Å². The Labute approximate surface area is 148 Å². The van der Waals surface area contributed by atoms with Crippen molar-refractivity contribution in [2.24, 2.45) is 0 Å². The topological polar surface area (TPSA) is 56.6 Å². The van der Waals surface area contributed by atoms with Gasteiger partial charge in [0, 0.05) is 19.9 Å². The van der Waals surface area contributed by atoms with E-state index in [1.807, 2.05) is 48.4 Å². The Morgan fingerprint density at radius 2 is 2.12 bits per heavy atom. The van der Waals surface area contributed by atoms with Crippen LogP contribution in [0.5, 0.6) is 5.75 Å². The van der Waals surface area contributed by atoms with Gasteiger partial charge in [0.05, 0.1) is 12.7 Å². The molecule has 1 unspecified atom stereocenters. The molecule has 6 nitrogen and oxygen atoms in total. The maximum atomic E-state index is 12.6. The molecule has 3 rings (SSSR count). The Hall–Kier alpha value is -2.34. The van der Waals surface area contributed by atoms with Gasteiger partial charge in [0.2, 0.25) is 5.91 Å². The normalized spacial score (nSPS) is 20.5. The van der Waals surface area contributed by atoms with Crippen LogP contribution in [0.25, 0.3) is 0 Å². The second-order valence-corrected chi connectivity index (χ2v) is 6.62. The first-order valence-electron chi connectivity index (χ1n) is 8.60. The lowest BCUT2D eigenvalue weighted by atomic mass is 9.93. The average molecular weight is 343 g/mol. The van der Waals surface area contributed by atoms with Gasteiger partial charge in [-0.25, -0.2) is 0 Å². The molecular formula is C19H25N3O3. The van der Waals surface area contributed by atoms with Gasteiger partial charge in [0.25, 0.3) is 0 Å². The van der Waals surface area contributed by atoms with Gasteiger partial charge in [-0.1, -0.05) is 18.2 Å². The predicted octanol–water partition coefficient (Wildman–Crippen LogP) is 2.28. The highest BCUT2D eigenvalue weighted by Crippen LogP contribution is 2.26. The zero-order chi connectivity index (χ0) is 17.7. The number of amides is 1. The summed E-state index contributed by atoms with van der Waals surface area (Å²) in [6.45, 7) is 3.93. The lowest BCUT2D eigenvalue weighted by Crippen LogP contribution is -2.55. The Kier molecular flexibility index (Phi) is 5.38. The molecule has 6 heteroatoms. The van der Waals surface area contributed by atoms with E-state index in [0.717, 1.165) is 30.7 Å². The van der Waals surface area contributed by atoms with E-state index in [1.165, 1.54) is 0 Å². The highest BCUT2D eigenvalue weighted by Gasteiger charge is 2.38. The molecule has 1 aromatic carbocycles. The number of methoxy groups -OCH3 is 1. The molecule has 25 heavy (non-hydrogen) atoms. The van der Waals surface area contributed by atoms with E-state index >= 15 is 0 Å². The zero-order valence-electron chi connectivity index (χ0n) is 14.9. The third kappa shape index (κ3) is 4.39. The Bertz CT molecular complexity index is 701. The summed E-state index contributed by atoms with van der Waals surface area (Å²) in [5.74, 6) is 0.873. The maximum absolute atomic E-state index is 12.6. The second kappa shape index (κ2) is 7.70. The molecule has 1 aliphatic rings. The summed E-state index contributed by atoms with van der Waals surface area (Å²) in [5.41, 5.74) is 0.581. The van der Waals surface area contributed by atoms with Crippen LogP contribution in [-0.2, 0) is 16.1 Å². The van der Waals surface area contributed by atoms with Crippen molar-refractivity contribution in [1.82, 2.24) is 14.7 Å². The number of ether oxygens (including phenoxy) is 2. The number of carbonyl (C=O) groups excluding carboxylic acids is 1. The van der Waals surface area contributed by atoms with E-state index in [4.69, 9.17) is 9.47 Å². The third-order valence-electron chi connectivity index (χ3n) is 4.63. The van der Waals surface area contributed by atoms with E-state index in [0.29, 0.717) is 13.2 Å². The van der Waals surface area contributed by atoms with Gasteiger partial charge in [0.15, 0.2) is 0 Å². The largest absolute Gasteiger partial charge is 0.491 e. The number of nitrogens with zero attached hydrogens (tertiary/aromatic N) is 3. The maximum Gasteiger partial charge on any atom is 0.244 e. The van der Waals surface area contributed by atoms with Crippen molar-refractivity contribution in [3.63, 3.8) is 0 Å². The van der Waals surface area contributed by atoms with Crippen LogP contribution in [0.15, 0.2) is 42.7 Å². The molecule has 1 aliphatic heterocycles. The van der Waals surface area contributed by atoms with Crippen LogP contribution in [0.3, 0.4) is 0 Å². The van der Waals surface area contributed by atoms with Crippen LogP contribution in [0.4, 0.5) is 0 Å². The van der Waals surface area contributed by atoms with E-state index < -0.39 is 5.60 Å². The van der Waals surface area contributed by atoms with Crippen LogP contribution in [-0.4, -0.2) is 53.0 Å². The fraction of sp³-hybridized carbons (Fsp3) is 0.474. The lowest BCUT2D eigenvalue weighted by molar-refractivity contribution is -0.144. The second-order valence-electron chi connectivity index (χ2n) is 6.62. The van der Waals surface area contributed by atoms with E-state index in [-0.39, 0.29) is 12.5 Å². The van der Waals surface area contributed by atoms with Gasteiger partial charge >= 0.3 is 0 Å². The summed E-state index contributed by atoms with van der Waals surface area (Å²) >= 11 is 0. The molecule has 0 N–H and O–H groups in total. The zero-order valence-corrected chi connectivity index (χ0v) is 14.9. The number of hydrogen-bond donors (Lipinski definition) is 0. The number of aryl methyl sites for hydroxylation is 1. The fourth-order valence-corrected chi connectivity index (χ4v) is 3.18. The number of benzene rings is 1. The number of para-hydroxylation sites is 1. The highest BCUT2D eigenvalue weighted by molar-refractivity contribution is 5.76. The van der Waals surface area contributed by atoms with Gasteiger partial charge in [0.1, 0.15) is 24.5 Å². The van der Waals surface area contributed by atoms with Gasteiger partial charge in [-0.2, -0.15) is 5.10 Å². The number of piperidine rings is 1. The number of aromatic nitrogens is 2. The van der Waals surface area contributed by atoms with Gasteiger partial charge in [-0.05, 0) is 37.5 Å². The molecule has 0 bridgehead atoms. The van der Waals surface area contributed by atoms with Gasteiger partial charge in [-0.3, -0.25) is 9.48 Å². The molecular weight excluding hydrogens is 318 g/mol. The van der Waals surface area contributed by atoms with Crippen molar-refractivity contribution in [3.05, 3.63) is 48.3 Å². The third-order valence-corrected chi connectivity index (χ3v) is 4.63. The van der Waals surface area contributed by atoms with E-state index in [2.05, 4.69) is 5.10 Å². The SMILES string of the molecule is COC1(COc2ccccc2)CCCN(C(=O)Cn2cc(C)cn2)C1. The quantitative estimate of drug-likeness (QED) is 0.807. The summed E-state index contributed by atoms with van der Waals surface area (Å²) in [7, 11) is 1.69. The molecule has 134 valence electrons. The van der Waals surface area contributed by atoms with Crippen LogP contribution < -0.4 is 4.74 Å². The number of likely N-dealkylation sites (tertiary alicyclic amines) is 1. The summed E-state index contributed by atoms with van der Waals surface area (Å²) < 4.78 is 13.4. The minimum Gasteiger partial charge on any atom is -0.491 e. The van der Waals surface area contributed by atoms with Crippen LogP contribution >= 0.6 is 0 Å². The van der Waals surface area contributed by atoms with Crippen molar-refractivity contribution in [2.45, 2.75) is 31.9 Å². The van der Waals surface area contributed by atoms with Crippen LogP contribution in [0.1, 0.15) is 18.4 Å². The minimum atomic E-state index is -0.468. The first kappa shape index (κ1) is 17.5. The molecule has 2 heterocycles. The summed E-state index contributed by atoms with van der Waals surface area (Å²) in [5, 5.41) is 4.20. The first-order valence-corrected chi connectivity index (χ1v) is 8.60. The van der Waals surface area contributed by atoms with Crippen molar-refractivity contribution in [2.75, 3.05) is 26.8 Å². The molecule has 1 atom stereocenters. The Morgan fingerprint density at radius 3 is 2.80 bits per heavy atom. The van der Waals surface area contributed by atoms with Crippen LogP contribution in [0, 0.1) is 6.92 Å². The molecule has 1 aromatic heterocycles. The van der Waals surface area contributed by atoms with Gasteiger partial charge in [-0.15, -0.1) is 0 Å². The Balaban J connectivity index is 1.62. The molecule has 2 aromatic rings. The van der Waals surface area contributed by atoms with Crippen molar-refractivity contribution in [3.8, 4) is 5.75 Å². The molecule has 0 aliphatic carbocycles. The van der Waals surface area contributed by atoms with E-state index in [9.17, 15) is 4.79 Å². The van der Waals surface area contributed by atoms with Crippen LogP contribution in [0.2, 0.25) is 0 Å². The summed E-state index contributed by atoms with van der Waals surface area (Å²) in [4.78, 5) is 14.5. The molecule has 1 amide bonds. The minimum absolute atomic E-state index is 0.0592. The number of rotatable bonds is 6. The average Bonchev–Trinajstić information content (AvgIpc) is 3.06. The van der Waals surface area contributed by atoms with Crippen molar-refractivity contribution < 1.29 is 14.3 Å². The summed E-state index contributed by atoms with van der Waals surface area (Å²) in [6, 6.07) is 9.69. The first-order chi connectivity index (χ1) is 12.1. The molecule has 1 fully saturated rings. The fourth-order valence-electron chi connectivity index (χ4n) is 3.18. The molecule has 0 saturated carbocycles. The number of carbonyl (C=O) groups is 1. The molecule has 0 spiro atoms. The van der Waals surface area contributed by atoms with Crippen molar-refractivity contribution >= 4 is 5.91 Å². The monoisotopic (exact) mass is 343 g/mol. The smallest absolute Gasteiger partial charge is 0.244 e. The predicted molar refractivity (Wildman–Crippen MR) is 94.5 cm³/mol. The molecule has 1 saturated heterocycles. The number of hydrogen-bond acceptors (Lipinski definition) is 4. The van der Waals surface area contributed by atoms with E-state index in [1.54, 1.807) is 18.0 Å².